The molecule has 0 radical (unpaired) electrons. The molecule has 5 heteroatoms. The number of piperidine rings is 1. The quantitative estimate of drug-likeness (QED) is 0.167. The lowest BCUT2D eigenvalue weighted by Crippen LogP contribution is -2.51. The Morgan fingerprint density at radius 3 is 1.85 bits per heavy atom. The Morgan fingerprint density at radius 2 is 1.24 bits per heavy atom. The molecule has 10 atom stereocenters. The summed E-state index contributed by atoms with van der Waals surface area (Å²) in [6, 6.07) is 1.91. The van der Waals surface area contributed by atoms with Crippen molar-refractivity contribution in [3.63, 3.8) is 0 Å². The predicted octanol–water partition coefficient (Wildman–Crippen LogP) is 9.24. The van der Waals surface area contributed by atoms with Crippen molar-refractivity contribution in [1.82, 2.24) is 5.32 Å². The standard InChI is InChI=1S/C36H65N3OSi/c1-25-20-22-28-13-7-9-15-30(28)35(25)37-27(3)32-17-11-18-33(38-32)34(19-12-24-40-41(4,5)6)39-36-26(2)21-23-29-14-8-10-16-31(29)36/h25-26,28-33,35-36,38H,7-24H2,1-6H3. The number of nitrogens with one attached hydrogen (secondary N) is 1. The van der Waals surface area contributed by atoms with Crippen LogP contribution in [0.2, 0.25) is 19.6 Å². The zero-order valence-corrected chi connectivity index (χ0v) is 28.8. The highest BCUT2D eigenvalue weighted by molar-refractivity contribution is 6.69. The second kappa shape index (κ2) is 14.5. The molecule has 1 saturated heterocycles. The lowest BCUT2D eigenvalue weighted by molar-refractivity contribution is 0.110. The van der Waals surface area contributed by atoms with Gasteiger partial charge in [-0.15, -0.1) is 0 Å². The van der Waals surface area contributed by atoms with Crippen LogP contribution in [0.25, 0.3) is 0 Å². The van der Waals surface area contributed by atoms with E-state index in [1.165, 1.54) is 108 Å². The van der Waals surface area contributed by atoms with Crippen molar-refractivity contribution in [3.05, 3.63) is 0 Å². The molecular formula is C36H65N3OSi. The van der Waals surface area contributed by atoms with E-state index in [4.69, 9.17) is 14.4 Å². The minimum atomic E-state index is -1.48. The first-order valence-corrected chi connectivity index (χ1v) is 21.6. The fourth-order valence-corrected chi connectivity index (χ4v) is 10.4. The molecule has 234 valence electrons. The van der Waals surface area contributed by atoms with E-state index < -0.39 is 8.32 Å². The van der Waals surface area contributed by atoms with Gasteiger partial charge in [0.25, 0.3) is 0 Å². The van der Waals surface area contributed by atoms with E-state index in [2.05, 4.69) is 45.7 Å². The molecule has 1 N–H and O–H groups in total. The van der Waals surface area contributed by atoms with E-state index in [0.29, 0.717) is 24.2 Å². The summed E-state index contributed by atoms with van der Waals surface area (Å²) in [5.41, 5.74) is 2.86. The lowest BCUT2D eigenvalue weighted by atomic mass is 9.65. The molecular weight excluding hydrogens is 519 g/mol. The smallest absolute Gasteiger partial charge is 0.183 e. The molecule has 0 aromatic carbocycles. The molecule has 0 aromatic heterocycles. The van der Waals surface area contributed by atoms with Gasteiger partial charge in [-0.05, 0) is 133 Å². The van der Waals surface area contributed by atoms with Gasteiger partial charge >= 0.3 is 0 Å². The zero-order valence-electron chi connectivity index (χ0n) is 27.8. The summed E-state index contributed by atoms with van der Waals surface area (Å²) >= 11 is 0. The van der Waals surface area contributed by atoms with Gasteiger partial charge in [-0.2, -0.15) is 0 Å². The molecule has 4 nitrogen and oxygen atoms in total. The van der Waals surface area contributed by atoms with Crippen molar-refractivity contribution in [2.75, 3.05) is 6.61 Å². The number of hydrogen-bond donors (Lipinski definition) is 1. The summed E-state index contributed by atoms with van der Waals surface area (Å²) in [6.45, 7) is 15.2. The topological polar surface area (TPSA) is 46.0 Å². The van der Waals surface area contributed by atoms with Crippen LogP contribution in [0.15, 0.2) is 9.98 Å². The second-order valence-corrected chi connectivity index (χ2v) is 20.7. The molecule has 5 fully saturated rings. The average molecular weight is 584 g/mol. The summed E-state index contributed by atoms with van der Waals surface area (Å²) in [4.78, 5) is 11.4. The minimum absolute atomic E-state index is 0.410. The fourth-order valence-electron chi connectivity index (χ4n) is 9.68. The lowest BCUT2D eigenvalue weighted by Gasteiger charge is -2.44. The molecule has 41 heavy (non-hydrogen) atoms. The molecule has 4 saturated carbocycles. The fraction of sp³-hybridized carbons (Fsp3) is 0.944. The number of nitrogens with zero attached hydrogens (tertiary/aromatic N) is 2. The molecule has 4 aliphatic carbocycles. The SMILES string of the molecule is CC(=NC1C(C)CCC2CCCCC21)C1CCCC(C(CCCO[Si](C)(C)C)=NC2C(C)CCC3CCCCC32)N1. The molecule has 1 aliphatic heterocycles. The highest BCUT2D eigenvalue weighted by Crippen LogP contribution is 2.45. The van der Waals surface area contributed by atoms with Crippen LogP contribution in [0.4, 0.5) is 0 Å². The van der Waals surface area contributed by atoms with Crippen molar-refractivity contribution in [3.8, 4) is 0 Å². The highest BCUT2D eigenvalue weighted by Gasteiger charge is 2.41. The maximum atomic E-state index is 6.31. The van der Waals surface area contributed by atoms with E-state index in [-0.39, 0.29) is 0 Å². The summed E-state index contributed by atoms with van der Waals surface area (Å²) < 4.78 is 6.31. The van der Waals surface area contributed by atoms with Gasteiger partial charge in [0.2, 0.25) is 0 Å². The Morgan fingerprint density at radius 1 is 0.683 bits per heavy atom. The van der Waals surface area contributed by atoms with Crippen LogP contribution in [-0.4, -0.2) is 50.5 Å². The number of hydrogen-bond acceptors (Lipinski definition) is 4. The summed E-state index contributed by atoms with van der Waals surface area (Å²) in [7, 11) is -1.48. The zero-order chi connectivity index (χ0) is 29.0. The highest BCUT2D eigenvalue weighted by atomic mass is 28.4. The monoisotopic (exact) mass is 583 g/mol. The van der Waals surface area contributed by atoms with Crippen LogP contribution in [0.5, 0.6) is 0 Å². The van der Waals surface area contributed by atoms with Crippen LogP contribution in [0, 0.1) is 35.5 Å². The molecule has 0 spiro atoms. The van der Waals surface area contributed by atoms with Gasteiger partial charge in [0.1, 0.15) is 0 Å². The summed E-state index contributed by atoms with van der Waals surface area (Å²) in [6.07, 6.45) is 23.0. The first-order chi connectivity index (χ1) is 19.7. The van der Waals surface area contributed by atoms with Gasteiger partial charge < -0.3 is 9.74 Å². The maximum absolute atomic E-state index is 6.31. The molecule has 10 unspecified atom stereocenters. The summed E-state index contributed by atoms with van der Waals surface area (Å²) in [5.74, 6) is 4.98. The number of aliphatic imine (C=N–C) groups is 2. The van der Waals surface area contributed by atoms with Crippen molar-refractivity contribution >= 4 is 19.7 Å². The third-order valence-corrected chi connectivity index (χ3v) is 13.1. The molecule has 1 heterocycles. The van der Waals surface area contributed by atoms with Crippen molar-refractivity contribution < 1.29 is 4.43 Å². The summed E-state index contributed by atoms with van der Waals surface area (Å²) in [5, 5.41) is 4.17. The number of fused-ring (bicyclic) bond motifs is 2. The first-order valence-electron chi connectivity index (χ1n) is 18.2. The van der Waals surface area contributed by atoms with Gasteiger partial charge in [0, 0.05) is 30.1 Å². The van der Waals surface area contributed by atoms with E-state index >= 15 is 0 Å². The van der Waals surface area contributed by atoms with E-state index in [1.807, 2.05) is 0 Å². The molecule has 5 aliphatic rings. The molecule has 0 amide bonds. The van der Waals surface area contributed by atoms with Crippen LogP contribution in [0.1, 0.15) is 130 Å². The minimum Gasteiger partial charge on any atom is -0.418 e. The third kappa shape index (κ3) is 8.35. The van der Waals surface area contributed by atoms with E-state index in [1.54, 1.807) is 0 Å². The van der Waals surface area contributed by atoms with Gasteiger partial charge in [-0.3, -0.25) is 9.98 Å². The van der Waals surface area contributed by atoms with Crippen molar-refractivity contribution in [2.24, 2.45) is 45.5 Å². The third-order valence-electron chi connectivity index (χ3n) is 12.0. The van der Waals surface area contributed by atoms with E-state index in [0.717, 1.165) is 55.0 Å². The largest absolute Gasteiger partial charge is 0.418 e. The normalized spacial score (nSPS) is 41.0. The first kappa shape index (κ1) is 31.9. The Hall–Kier alpha value is -0.523. The van der Waals surface area contributed by atoms with Gasteiger partial charge in [-0.1, -0.05) is 52.4 Å². The van der Waals surface area contributed by atoms with Crippen LogP contribution in [0.3, 0.4) is 0 Å². The maximum Gasteiger partial charge on any atom is 0.183 e. The Bertz CT molecular complexity index is 896. The Kier molecular flexibility index (Phi) is 11.3. The van der Waals surface area contributed by atoms with Crippen molar-refractivity contribution in [1.29, 1.82) is 0 Å². The number of rotatable bonds is 9. The molecule has 5 rings (SSSR count). The Labute approximate surface area is 254 Å². The van der Waals surface area contributed by atoms with Gasteiger partial charge in [0.15, 0.2) is 8.32 Å². The van der Waals surface area contributed by atoms with Crippen molar-refractivity contribution in [2.45, 2.75) is 174 Å². The Balaban J connectivity index is 1.32. The van der Waals surface area contributed by atoms with Crippen LogP contribution >= 0.6 is 0 Å². The van der Waals surface area contributed by atoms with E-state index in [9.17, 15) is 0 Å². The van der Waals surface area contributed by atoms with Crippen LogP contribution < -0.4 is 5.32 Å². The van der Waals surface area contributed by atoms with Crippen LogP contribution in [-0.2, 0) is 4.43 Å². The molecule has 0 bridgehead atoms. The predicted molar refractivity (Wildman–Crippen MR) is 179 cm³/mol. The average Bonchev–Trinajstić information content (AvgIpc) is 2.96. The second-order valence-electron chi connectivity index (χ2n) is 16.2. The van der Waals surface area contributed by atoms with Gasteiger partial charge in [-0.25, -0.2) is 0 Å². The van der Waals surface area contributed by atoms with Gasteiger partial charge in [0.05, 0.1) is 12.1 Å². The molecule has 0 aromatic rings.